The number of hydrogen-bond donors (Lipinski definition) is 2. The van der Waals surface area contributed by atoms with Crippen molar-refractivity contribution in [1.29, 1.82) is 0 Å². The lowest BCUT2D eigenvalue weighted by Gasteiger charge is -2.25. The van der Waals surface area contributed by atoms with Gasteiger partial charge in [-0.15, -0.1) is 0 Å². The van der Waals surface area contributed by atoms with Crippen LogP contribution in [0.2, 0.25) is 0 Å². The monoisotopic (exact) mass is 401 g/mol. The molecule has 0 saturated heterocycles. The molecule has 3 aromatic rings. The second-order valence-corrected chi connectivity index (χ2v) is 7.52. The summed E-state index contributed by atoms with van der Waals surface area (Å²) in [6, 6.07) is 24.1. The van der Waals surface area contributed by atoms with E-state index < -0.39 is 12.0 Å². The average molecular weight is 402 g/mol. The maximum atomic E-state index is 13.3. The maximum Gasteiger partial charge on any atom is 0.243 e. The summed E-state index contributed by atoms with van der Waals surface area (Å²) in [5, 5.41) is 5.87. The number of carbonyl (C=O) groups excluding carboxylic acids is 2. The molecule has 2 aromatic carbocycles. The number of nitrogens with zero attached hydrogens (tertiary/aromatic N) is 1. The lowest BCUT2D eigenvalue weighted by molar-refractivity contribution is -0.130. The average Bonchev–Trinajstić information content (AvgIpc) is 2.78. The zero-order valence-corrected chi connectivity index (χ0v) is 17.3. The Bertz CT molecular complexity index is 904. The fraction of sp³-hybridized carbons (Fsp3) is 0.240. The Kier molecular flexibility index (Phi) is 7.33. The number of amides is 2. The van der Waals surface area contributed by atoms with Crippen LogP contribution < -0.4 is 10.6 Å². The van der Waals surface area contributed by atoms with Crippen molar-refractivity contribution in [2.75, 3.05) is 0 Å². The normalized spacial score (nSPS) is 11.9. The number of benzene rings is 2. The highest BCUT2D eigenvalue weighted by molar-refractivity contribution is 5.92. The number of rotatable bonds is 8. The highest BCUT2D eigenvalue weighted by atomic mass is 16.2. The van der Waals surface area contributed by atoms with Crippen LogP contribution in [0.5, 0.6) is 0 Å². The molecule has 154 valence electrons. The molecule has 1 aromatic heterocycles. The minimum absolute atomic E-state index is 0.0649. The van der Waals surface area contributed by atoms with E-state index in [2.05, 4.69) is 15.6 Å². The van der Waals surface area contributed by atoms with E-state index in [-0.39, 0.29) is 17.7 Å². The summed E-state index contributed by atoms with van der Waals surface area (Å²) < 4.78 is 0. The molecular formula is C25H27N3O2. The summed E-state index contributed by atoms with van der Waals surface area (Å²) >= 11 is 0. The van der Waals surface area contributed by atoms with Gasteiger partial charge in [-0.1, -0.05) is 80.6 Å². The van der Waals surface area contributed by atoms with Gasteiger partial charge in [0.15, 0.2) is 0 Å². The third-order valence-corrected chi connectivity index (χ3v) is 4.94. The summed E-state index contributed by atoms with van der Waals surface area (Å²) in [5.74, 6) is -0.968. The Morgan fingerprint density at radius 2 is 1.37 bits per heavy atom. The molecule has 2 N–H and O–H groups in total. The number of hydrogen-bond acceptors (Lipinski definition) is 3. The SMILES string of the molecule is CC(C)[C@H](NC(=O)C(c1ccccc1)c1ccccc1)C(=O)NCc1ccccn1. The van der Waals surface area contributed by atoms with Crippen molar-refractivity contribution in [3.63, 3.8) is 0 Å². The topological polar surface area (TPSA) is 71.1 Å². The molecule has 2 amide bonds. The first kappa shape index (κ1) is 21.2. The Morgan fingerprint density at radius 1 is 0.800 bits per heavy atom. The van der Waals surface area contributed by atoms with E-state index in [1.165, 1.54) is 0 Å². The molecular weight excluding hydrogens is 374 g/mol. The summed E-state index contributed by atoms with van der Waals surface area (Å²) in [5.41, 5.74) is 2.54. The van der Waals surface area contributed by atoms with Gasteiger partial charge in [0.2, 0.25) is 11.8 Å². The Labute approximate surface area is 177 Å². The van der Waals surface area contributed by atoms with Crippen LogP contribution in [0, 0.1) is 5.92 Å². The first-order chi connectivity index (χ1) is 14.6. The summed E-state index contributed by atoms with van der Waals surface area (Å²) in [4.78, 5) is 30.4. The minimum atomic E-state index is -0.642. The van der Waals surface area contributed by atoms with Crippen LogP contribution in [0.4, 0.5) is 0 Å². The van der Waals surface area contributed by atoms with Crippen molar-refractivity contribution in [3.8, 4) is 0 Å². The fourth-order valence-electron chi connectivity index (χ4n) is 3.35. The van der Waals surface area contributed by atoms with Crippen molar-refractivity contribution < 1.29 is 9.59 Å². The maximum absolute atomic E-state index is 13.3. The quantitative estimate of drug-likeness (QED) is 0.605. The molecule has 0 radical (unpaired) electrons. The molecule has 0 saturated carbocycles. The zero-order valence-electron chi connectivity index (χ0n) is 17.3. The molecule has 1 atom stereocenters. The van der Waals surface area contributed by atoms with E-state index in [1.807, 2.05) is 92.7 Å². The molecule has 0 aliphatic rings. The summed E-state index contributed by atoms with van der Waals surface area (Å²) in [6.45, 7) is 4.16. The third kappa shape index (κ3) is 5.54. The standard InChI is InChI=1S/C25H27N3O2/c1-18(2)23(25(30)27-17-21-15-9-10-16-26-21)28-24(29)22(19-11-5-3-6-12-19)20-13-7-4-8-14-20/h3-16,18,22-23H,17H2,1-2H3,(H,27,30)(H,28,29)/t23-/m0/s1. The molecule has 30 heavy (non-hydrogen) atoms. The van der Waals surface area contributed by atoms with Crippen LogP contribution in [-0.4, -0.2) is 22.8 Å². The predicted octanol–water partition coefficient (Wildman–Crippen LogP) is 3.67. The van der Waals surface area contributed by atoms with Crippen LogP contribution >= 0.6 is 0 Å². The summed E-state index contributed by atoms with van der Waals surface area (Å²) in [6.07, 6.45) is 1.69. The smallest absolute Gasteiger partial charge is 0.243 e. The Hall–Kier alpha value is -3.47. The van der Waals surface area contributed by atoms with E-state index in [1.54, 1.807) is 6.20 Å². The first-order valence-electron chi connectivity index (χ1n) is 10.1. The van der Waals surface area contributed by atoms with E-state index in [0.717, 1.165) is 16.8 Å². The molecule has 0 aliphatic carbocycles. The molecule has 3 rings (SSSR count). The van der Waals surface area contributed by atoms with Crippen LogP contribution in [0.1, 0.15) is 36.6 Å². The van der Waals surface area contributed by atoms with Gasteiger partial charge in [0.1, 0.15) is 6.04 Å². The second kappa shape index (κ2) is 10.3. The number of carbonyl (C=O) groups is 2. The largest absolute Gasteiger partial charge is 0.349 e. The highest BCUT2D eigenvalue weighted by Gasteiger charge is 2.29. The van der Waals surface area contributed by atoms with Crippen LogP contribution in [0.15, 0.2) is 85.1 Å². The van der Waals surface area contributed by atoms with E-state index in [9.17, 15) is 9.59 Å². The van der Waals surface area contributed by atoms with Crippen molar-refractivity contribution in [3.05, 3.63) is 102 Å². The third-order valence-electron chi connectivity index (χ3n) is 4.94. The minimum Gasteiger partial charge on any atom is -0.349 e. The molecule has 0 spiro atoms. The number of nitrogens with one attached hydrogen (secondary N) is 2. The zero-order chi connectivity index (χ0) is 21.3. The van der Waals surface area contributed by atoms with Crippen molar-refractivity contribution >= 4 is 11.8 Å². The van der Waals surface area contributed by atoms with Gasteiger partial charge in [-0.25, -0.2) is 0 Å². The highest BCUT2D eigenvalue weighted by Crippen LogP contribution is 2.25. The lowest BCUT2D eigenvalue weighted by Crippen LogP contribution is -2.50. The molecule has 5 heteroatoms. The number of pyridine rings is 1. The van der Waals surface area contributed by atoms with Gasteiger partial charge in [-0.05, 0) is 29.2 Å². The van der Waals surface area contributed by atoms with Gasteiger partial charge in [0.25, 0.3) is 0 Å². The van der Waals surface area contributed by atoms with Gasteiger partial charge in [-0.3, -0.25) is 14.6 Å². The lowest BCUT2D eigenvalue weighted by atomic mass is 9.89. The fourth-order valence-corrected chi connectivity index (χ4v) is 3.35. The molecule has 0 fully saturated rings. The second-order valence-electron chi connectivity index (χ2n) is 7.52. The van der Waals surface area contributed by atoms with Gasteiger partial charge in [-0.2, -0.15) is 0 Å². The van der Waals surface area contributed by atoms with E-state index >= 15 is 0 Å². The van der Waals surface area contributed by atoms with Gasteiger partial charge < -0.3 is 10.6 Å². The van der Waals surface area contributed by atoms with Crippen LogP contribution in [0.25, 0.3) is 0 Å². The summed E-state index contributed by atoms with van der Waals surface area (Å²) in [7, 11) is 0. The van der Waals surface area contributed by atoms with Gasteiger partial charge >= 0.3 is 0 Å². The van der Waals surface area contributed by atoms with E-state index in [0.29, 0.717) is 6.54 Å². The predicted molar refractivity (Wildman–Crippen MR) is 118 cm³/mol. The molecule has 5 nitrogen and oxygen atoms in total. The van der Waals surface area contributed by atoms with Gasteiger partial charge in [0, 0.05) is 6.20 Å². The number of aromatic nitrogens is 1. The van der Waals surface area contributed by atoms with Gasteiger partial charge in [0.05, 0.1) is 18.2 Å². The van der Waals surface area contributed by atoms with Crippen LogP contribution in [0.3, 0.4) is 0 Å². The first-order valence-corrected chi connectivity index (χ1v) is 10.1. The molecule has 0 unspecified atom stereocenters. The van der Waals surface area contributed by atoms with Crippen molar-refractivity contribution in [2.24, 2.45) is 5.92 Å². The van der Waals surface area contributed by atoms with Crippen molar-refractivity contribution in [2.45, 2.75) is 32.4 Å². The van der Waals surface area contributed by atoms with Crippen LogP contribution in [-0.2, 0) is 16.1 Å². The molecule has 0 aliphatic heterocycles. The Balaban J connectivity index is 1.77. The Morgan fingerprint density at radius 3 is 1.87 bits per heavy atom. The molecule has 0 bridgehead atoms. The van der Waals surface area contributed by atoms with E-state index in [4.69, 9.17) is 0 Å². The molecule has 1 heterocycles. The van der Waals surface area contributed by atoms with Crippen molar-refractivity contribution in [1.82, 2.24) is 15.6 Å².